The highest BCUT2D eigenvalue weighted by atomic mass is 16.5. The van der Waals surface area contributed by atoms with Crippen LogP contribution in [0.1, 0.15) is 77.8 Å². The molecule has 0 spiro atoms. The van der Waals surface area contributed by atoms with E-state index in [4.69, 9.17) is 4.74 Å². The van der Waals surface area contributed by atoms with Crippen LogP contribution < -0.4 is 4.90 Å². The summed E-state index contributed by atoms with van der Waals surface area (Å²) in [7, 11) is 1.74. The molecule has 2 rings (SSSR count). The number of rotatable bonds is 7. The lowest BCUT2D eigenvalue weighted by Gasteiger charge is -2.35. The van der Waals surface area contributed by atoms with Crippen LogP contribution in [0.3, 0.4) is 0 Å². The Balaban J connectivity index is 1.99. The minimum atomic E-state index is -0.947. The first-order chi connectivity index (χ1) is 12.7. The van der Waals surface area contributed by atoms with Gasteiger partial charge < -0.3 is 14.7 Å². The molecule has 4 nitrogen and oxygen atoms in total. The summed E-state index contributed by atoms with van der Waals surface area (Å²) in [5, 5.41) is 10.7. The first-order valence-corrected chi connectivity index (χ1v) is 10.3. The molecule has 0 radical (unpaired) electrons. The van der Waals surface area contributed by atoms with E-state index in [2.05, 4.69) is 43.7 Å². The van der Waals surface area contributed by atoms with Crippen molar-refractivity contribution < 1.29 is 14.7 Å². The number of likely N-dealkylation sites (tertiary alicyclic amines) is 1. The average molecular weight is 374 g/mol. The fourth-order valence-corrected chi connectivity index (χ4v) is 3.90. The van der Waals surface area contributed by atoms with Crippen LogP contribution in [0.4, 0.5) is 0 Å². The van der Waals surface area contributed by atoms with E-state index in [9.17, 15) is 5.11 Å². The predicted octanol–water partition coefficient (Wildman–Crippen LogP) is 2.93. The molecule has 4 heteroatoms. The van der Waals surface area contributed by atoms with Gasteiger partial charge in [0.25, 0.3) is 0 Å². The van der Waals surface area contributed by atoms with E-state index in [0.717, 1.165) is 19.4 Å². The van der Waals surface area contributed by atoms with Crippen molar-refractivity contribution in [2.24, 2.45) is 0 Å². The summed E-state index contributed by atoms with van der Waals surface area (Å²) in [6, 6.07) is 4.84. The van der Waals surface area contributed by atoms with Crippen LogP contribution in [-0.2, 0) is 4.74 Å². The molecule has 1 aliphatic rings. The van der Waals surface area contributed by atoms with Gasteiger partial charge >= 0.3 is 0 Å². The number of aliphatic hydroxyl groups is 1. The van der Waals surface area contributed by atoms with Crippen LogP contribution in [0.5, 0.6) is 0 Å². The number of quaternary nitrogens is 1. The number of ether oxygens (including phenoxy) is 1. The smallest absolute Gasteiger partial charge is 0.147 e. The molecule has 1 unspecified atom stereocenters. The summed E-state index contributed by atoms with van der Waals surface area (Å²) < 4.78 is 5.46. The van der Waals surface area contributed by atoms with Crippen molar-refractivity contribution in [3.63, 3.8) is 0 Å². The molecule has 0 saturated carbocycles. The number of aromatic nitrogens is 1. The summed E-state index contributed by atoms with van der Waals surface area (Å²) in [5.74, 6) is 6.53. The van der Waals surface area contributed by atoms with E-state index < -0.39 is 5.60 Å². The monoisotopic (exact) mass is 373 g/mol. The first kappa shape index (κ1) is 21.9. The number of methoxy groups -OCH3 is 1. The van der Waals surface area contributed by atoms with Crippen molar-refractivity contribution in [1.29, 1.82) is 0 Å². The van der Waals surface area contributed by atoms with Gasteiger partial charge in [-0.05, 0) is 71.8 Å². The molecular formula is C23H37N2O2+. The number of nitrogens with one attached hydrogen (secondary N) is 1. The molecule has 1 aromatic heterocycles. The molecule has 1 aliphatic heterocycles. The summed E-state index contributed by atoms with van der Waals surface area (Å²) in [5.41, 5.74) is 0.206. The average Bonchev–Trinajstić information content (AvgIpc) is 2.66. The number of nitrogens with zero attached hydrogens (tertiary/aromatic N) is 1. The van der Waals surface area contributed by atoms with E-state index in [1.165, 1.54) is 29.7 Å². The van der Waals surface area contributed by atoms with Gasteiger partial charge in [-0.15, -0.1) is 0 Å². The van der Waals surface area contributed by atoms with Gasteiger partial charge in [-0.3, -0.25) is 4.98 Å². The van der Waals surface area contributed by atoms with Crippen LogP contribution >= 0.6 is 0 Å². The molecule has 0 aliphatic carbocycles. The lowest BCUT2D eigenvalue weighted by Crippen LogP contribution is -3.16. The summed E-state index contributed by atoms with van der Waals surface area (Å²) in [6.45, 7) is 9.29. The molecule has 27 heavy (non-hydrogen) atoms. The maximum atomic E-state index is 10.7. The van der Waals surface area contributed by atoms with Gasteiger partial charge in [0.1, 0.15) is 17.7 Å². The molecule has 0 aromatic carbocycles. The number of pyridine rings is 1. The highest BCUT2D eigenvalue weighted by Gasteiger charge is 2.31. The minimum absolute atomic E-state index is 0.147. The normalized spacial score (nSPS) is 23.8. The Morgan fingerprint density at radius 2 is 2.11 bits per heavy atom. The minimum Gasteiger partial charge on any atom is -0.379 e. The molecule has 2 heterocycles. The number of piperidine rings is 1. The highest BCUT2D eigenvalue weighted by molar-refractivity contribution is 5.16. The molecule has 0 amide bonds. The third-order valence-corrected chi connectivity index (χ3v) is 5.85. The van der Waals surface area contributed by atoms with Crippen molar-refractivity contribution >= 4 is 0 Å². The third kappa shape index (κ3) is 6.92. The van der Waals surface area contributed by atoms with Crippen LogP contribution in [0, 0.1) is 11.8 Å². The summed E-state index contributed by atoms with van der Waals surface area (Å²) >= 11 is 0. The lowest BCUT2D eigenvalue weighted by atomic mass is 9.93. The maximum absolute atomic E-state index is 10.7. The zero-order valence-corrected chi connectivity index (χ0v) is 17.7. The van der Waals surface area contributed by atoms with Crippen LogP contribution in [0.25, 0.3) is 0 Å². The van der Waals surface area contributed by atoms with E-state index in [1.807, 2.05) is 25.4 Å². The second-order valence-electron chi connectivity index (χ2n) is 8.74. The Morgan fingerprint density at radius 3 is 2.78 bits per heavy atom. The van der Waals surface area contributed by atoms with Crippen LogP contribution in [0.2, 0.25) is 0 Å². The molecule has 150 valence electrons. The van der Waals surface area contributed by atoms with E-state index >= 15 is 0 Å². The van der Waals surface area contributed by atoms with Crippen molar-refractivity contribution in [1.82, 2.24) is 4.98 Å². The first-order valence-electron chi connectivity index (χ1n) is 10.3. The Labute approximate surface area is 165 Å². The lowest BCUT2D eigenvalue weighted by molar-refractivity contribution is -0.951. The van der Waals surface area contributed by atoms with Crippen molar-refractivity contribution in [3.8, 4) is 11.8 Å². The zero-order chi connectivity index (χ0) is 19.9. The Hall–Kier alpha value is -1.41. The summed E-state index contributed by atoms with van der Waals surface area (Å²) in [6.07, 6.45) is 9.97. The second kappa shape index (κ2) is 9.68. The standard InChI is InChI=1S/C23H36N2O2/c1-19(12-15-23(4,26)14-9-13-22(2,3)27-5)25-17-7-6-11-21(25)20-10-8-16-24-18-20/h8,10,16,18-19,21,26H,6-7,9,11,13-14,17H2,1-5H3/p+1/t19-,21-,23+/m1/s1. The van der Waals surface area contributed by atoms with Gasteiger partial charge in [0.15, 0.2) is 0 Å². The maximum Gasteiger partial charge on any atom is 0.147 e. The summed E-state index contributed by atoms with van der Waals surface area (Å²) in [4.78, 5) is 5.80. The third-order valence-electron chi connectivity index (χ3n) is 5.85. The molecular weight excluding hydrogens is 336 g/mol. The van der Waals surface area contributed by atoms with E-state index in [1.54, 1.807) is 7.11 Å². The van der Waals surface area contributed by atoms with E-state index in [-0.39, 0.29) is 11.6 Å². The fourth-order valence-electron chi connectivity index (χ4n) is 3.90. The Bertz CT molecular complexity index is 631. The van der Waals surface area contributed by atoms with Crippen molar-refractivity contribution in [2.75, 3.05) is 13.7 Å². The van der Waals surface area contributed by atoms with Crippen molar-refractivity contribution in [3.05, 3.63) is 30.1 Å². The van der Waals surface area contributed by atoms with Gasteiger partial charge in [-0.25, -0.2) is 0 Å². The van der Waals surface area contributed by atoms with E-state index in [0.29, 0.717) is 12.5 Å². The van der Waals surface area contributed by atoms with Gasteiger partial charge in [-0.2, -0.15) is 0 Å². The highest BCUT2D eigenvalue weighted by Crippen LogP contribution is 2.21. The molecule has 2 N–H and O–H groups in total. The molecule has 4 atom stereocenters. The number of hydrogen-bond donors (Lipinski definition) is 2. The second-order valence-corrected chi connectivity index (χ2v) is 8.74. The SMILES string of the molecule is COC(C)(C)CCC[C@](C)(O)C#C[C@@H](C)[NH+]1CCCC[C@@H]1c1cccnc1. The van der Waals surface area contributed by atoms with Crippen LogP contribution in [0.15, 0.2) is 24.5 Å². The van der Waals surface area contributed by atoms with Crippen molar-refractivity contribution in [2.45, 2.75) is 89.5 Å². The topological polar surface area (TPSA) is 46.8 Å². The molecule has 1 saturated heterocycles. The molecule has 0 bridgehead atoms. The fraction of sp³-hybridized carbons (Fsp3) is 0.696. The van der Waals surface area contributed by atoms with Gasteiger partial charge in [0.05, 0.1) is 12.1 Å². The Morgan fingerprint density at radius 1 is 1.33 bits per heavy atom. The number of hydrogen-bond acceptors (Lipinski definition) is 3. The van der Waals surface area contributed by atoms with Gasteiger partial charge in [-0.1, -0.05) is 12.0 Å². The molecule has 1 aromatic rings. The quantitative estimate of drug-likeness (QED) is 0.723. The van der Waals surface area contributed by atoms with Crippen LogP contribution in [-0.4, -0.2) is 41.0 Å². The zero-order valence-electron chi connectivity index (χ0n) is 17.7. The van der Waals surface area contributed by atoms with Gasteiger partial charge in [0.2, 0.25) is 0 Å². The molecule has 1 fully saturated rings. The largest absolute Gasteiger partial charge is 0.379 e. The Kier molecular flexibility index (Phi) is 7.85. The predicted molar refractivity (Wildman–Crippen MR) is 109 cm³/mol. The van der Waals surface area contributed by atoms with Gasteiger partial charge in [0, 0.05) is 31.5 Å².